The van der Waals surface area contributed by atoms with E-state index in [1.165, 1.54) is 6.07 Å². The Labute approximate surface area is 137 Å². The molecule has 0 saturated carbocycles. The molecule has 0 aromatic heterocycles. The second kappa shape index (κ2) is 5.87. The molecule has 0 atom stereocenters. The SMILES string of the molecule is Cc1cc(N)cc(S(=O)(=O)Nc2cc(Cl)c(C)cc2Br)c1. The van der Waals surface area contributed by atoms with Gasteiger partial charge in [-0.1, -0.05) is 11.6 Å². The second-order valence-corrected chi connectivity index (χ2v) is 7.71. The zero-order valence-corrected chi connectivity index (χ0v) is 14.6. The molecule has 0 bridgehead atoms. The number of sulfonamides is 1. The van der Waals surface area contributed by atoms with Gasteiger partial charge in [-0.2, -0.15) is 0 Å². The van der Waals surface area contributed by atoms with E-state index >= 15 is 0 Å². The van der Waals surface area contributed by atoms with Crippen molar-refractivity contribution in [1.82, 2.24) is 0 Å². The van der Waals surface area contributed by atoms with Gasteiger partial charge in [0, 0.05) is 15.2 Å². The van der Waals surface area contributed by atoms with Crippen molar-refractivity contribution in [3.8, 4) is 0 Å². The van der Waals surface area contributed by atoms with Crippen LogP contribution in [0.25, 0.3) is 0 Å². The molecule has 0 radical (unpaired) electrons. The van der Waals surface area contributed by atoms with Crippen molar-refractivity contribution in [2.75, 3.05) is 10.5 Å². The number of hydrogen-bond donors (Lipinski definition) is 2. The van der Waals surface area contributed by atoms with Crippen LogP contribution in [0.4, 0.5) is 11.4 Å². The van der Waals surface area contributed by atoms with E-state index in [0.29, 0.717) is 20.9 Å². The lowest BCUT2D eigenvalue weighted by atomic mass is 10.2. The first-order valence-corrected chi connectivity index (χ1v) is 8.70. The Hall–Kier alpha value is -1.24. The molecule has 0 amide bonds. The smallest absolute Gasteiger partial charge is 0.262 e. The molecule has 2 aromatic rings. The summed E-state index contributed by atoms with van der Waals surface area (Å²) in [5, 5.41) is 0.486. The molecule has 0 heterocycles. The van der Waals surface area contributed by atoms with Crippen molar-refractivity contribution in [2.45, 2.75) is 18.7 Å². The highest BCUT2D eigenvalue weighted by Gasteiger charge is 2.17. The quantitative estimate of drug-likeness (QED) is 0.776. The largest absolute Gasteiger partial charge is 0.399 e. The van der Waals surface area contributed by atoms with E-state index in [-0.39, 0.29) is 4.90 Å². The van der Waals surface area contributed by atoms with Gasteiger partial charge in [-0.3, -0.25) is 4.72 Å². The summed E-state index contributed by atoms with van der Waals surface area (Å²) in [6.07, 6.45) is 0. The minimum atomic E-state index is -3.73. The highest BCUT2D eigenvalue weighted by atomic mass is 79.9. The van der Waals surface area contributed by atoms with E-state index in [1.54, 1.807) is 31.2 Å². The van der Waals surface area contributed by atoms with E-state index in [0.717, 1.165) is 11.1 Å². The second-order valence-electron chi connectivity index (χ2n) is 4.77. The number of anilines is 2. The van der Waals surface area contributed by atoms with Crippen molar-refractivity contribution in [1.29, 1.82) is 0 Å². The van der Waals surface area contributed by atoms with E-state index in [4.69, 9.17) is 17.3 Å². The van der Waals surface area contributed by atoms with Crippen LogP contribution < -0.4 is 10.5 Å². The monoisotopic (exact) mass is 388 g/mol. The average molecular weight is 390 g/mol. The summed E-state index contributed by atoms with van der Waals surface area (Å²) >= 11 is 9.36. The summed E-state index contributed by atoms with van der Waals surface area (Å²) in [6.45, 7) is 3.63. The summed E-state index contributed by atoms with van der Waals surface area (Å²) in [5.41, 5.74) is 8.11. The summed E-state index contributed by atoms with van der Waals surface area (Å²) in [6, 6.07) is 8.00. The predicted molar refractivity (Wildman–Crippen MR) is 90.3 cm³/mol. The van der Waals surface area contributed by atoms with E-state index in [9.17, 15) is 8.42 Å². The number of rotatable bonds is 3. The highest BCUT2D eigenvalue weighted by molar-refractivity contribution is 9.10. The van der Waals surface area contributed by atoms with Gasteiger partial charge in [-0.25, -0.2) is 8.42 Å². The highest BCUT2D eigenvalue weighted by Crippen LogP contribution is 2.31. The standard InChI is InChI=1S/C14H14BrClN2O2S/c1-8-3-10(17)6-11(4-8)21(19,20)18-14-7-13(16)9(2)5-12(14)15/h3-7,18H,17H2,1-2H3. The molecule has 2 rings (SSSR count). The minimum Gasteiger partial charge on any atom is -0.399 e. The van der Waals surface area contributed by atoms with Crippen molar-refractivity contribution < 1.29 is 8.42 Å². The van der Waals surface area contributed by atoms with Gasteiger partial charge in [0.25, 0.3) is 10.0 Å². The summed E-state index contributed by atoms with van der Waals surface area (Å²) in [4.78, 5) is 0.114. The lowest BCUT2D eigenvalue weighted by molar-refractivity contribution is 0.601. The van der Waals surface area contributed by atoms with Gasteiger partial charge in [-0.05, 0) is 71.2 Å². The lowest BCUT2D eigenvalue weighted by Crippen LogP contribution is -2.14. The van der Waals surface area contributed by atoms with Gasteiger partial charge in [0.2, 0.25) is 0 Å². The fraction of sp³-hybridized carbons (Fsp3) is 0.143. The molecule has 0 aliphatic heterocycles. The van der Waals surface area contributed by atoms with Crippen LogP contribution in [0.2, 0.25) is 5.02 Å². The Bertz CT molecular complexity index is 787. The number of nitrogens with two attached hydrogens (primary N) is 1. The van der Waals surface area contributed by atoms with Crippen molar-refractivity contribution in [3.63, 3.8) is 0 Å². The molecular weight excluding hydrogens is 376 g/mol. The molecule has 0 spiro atoms. The van der Waals surface area contributed by atoms with Gasteiger partial charge in [0.15, 0.2) is 0 Å². The molecule has 0 saturated heterocycles. The first-order chi connectivity index (χ1) is 9.69. The number of nitrogen functional groups attached to an aromatic ring is 1. The Morgan fingerprint density at radius 2 is 1.81 bits per heavy atom. The normalized spacial score (nSPS) is 11.4. The van der Waals surface area contributed by atoms with Crippen LogP contribution in [-0.2, 0) is 10.0 Å². The zero-order chi connectivity index (χ0) is 15.8. The zero-order valence-electron chi connectivity index (χ0n) is 11.4. The van der Waals surface area contributed by atoms with E-state index in [2.05, 4.69) is 20.7 Å². The maximum absolute atomic E-state index is 12.4. The molecular formula is C14H14BrClN2O2S. The summed E-state index contributed by atoms with van der Waals surface area (Å²) in [5.74, 6) is 0. The van der Waals surface area contributed by atoms with Crippen LogP contribution in [0.1, 0.15) is 11.1 Å². The van der Waals surface area contributed by atoms with E-state index in [1.807, 2.05) is 6.92 Å². The molecule has 112 valence electrons. The summed E-state index contributed by atoms with van der Waals surface area (Å²) < 4.78 is 28.0. The van der Waals surface area contributed by atoms with Crippen molar-refractivity contribution in [2.24, 2.45) is 0 Å². The number of halogens is 2. The Morgan fingerprint density at radius 3 is 2.43 bits per heavy atom. The van der Waals surface area contributed by atoms with Gasteiger partial charge in [-0.15, -0.1) is 0 Å². The van der Waals surface area contributed by atoms with Crippen molar-refractivity contribution in [3.05, 3.63) is 51.0 Å². The molecule has 2 aromatic carbocycles. The summed E-state index contributed by atoms with van der Waals surface area (Å²) in [7, 11) is -3.73. The lowest BCUT2D eigenvalue weighted by Gasteiger charge is -2.12. The van der Waals surface area contributed by atoms with E-state index < -0.39 is 10.0 Å². The predicted octanol–water partition coefficient (Wildman–Crippen LogP) is 4.10. The first-order valence-electron chi connectivity index (χ1n) is 6.04. The topological polar surface area (TPSA) is 72.2 Å². The van der Waals surface area contributed by atoms with Gasteiger partial charge in [0.1, 0.15) is 0 Å². The third-order valence-electron chi connectivity index (χ3n) is 2.88. The van der Waals surface area contributed by atoms with Crippen molar-refractivity contribution >= 4 is 48.9 Å². The molecule has 21 heavy (non-hydrogen) atoms. The number of aryl methyl sites for hydroxylation is 2. The Kier molecular flexibility index (Phi) is 4.51. The van der Waals surface area contributed by atoms with Gasteiger partial charge < -0.3 is 5.73 Å². The maximum atomic E-state index is 12.4. The number of nitrogens with one attached hydrogen (secondary N) is 1. The third kappa shape index (κ3) is 3.70. The number of hydrogen-bond acceptors (Lipinski definition) is 3. The fourth-order valence-corrected chi connectivity index (χ4v) is 3.92. The molecule has 7 heteroatoms. The van der Waals surface area contributed by atoms with Crippen LogP contribution in [-0.4, -0.2) is 8.42 Å². The molecule has 4 nitrogen and oxygen atoms in total. The Balaban J connectivity index is 2.44. The molecule has 0 unspecified atom stereocenters. The van der Waals surface area contributed by atoms with Crippen LogP contribution >= 0.6 is 27.5 Å². The molecule has 0 aliphatic carbocycles. The van der Waals surface area contributed by atoms with Gasteiger partial charge in [0.05, 0.1) is 10.6 Å². The van der Waals surface area contributed by atoms with Crippen LogP contribution in [0.5, 0.6) is 0 Å². The van der Waals surface area contributed by atoms with Crippen LogP contribution in [0.3, 0.4) is 0 Å². The van der Waals surface area contributed by atoms with Crippen LogP contribution in [0, 0.1) is 13.8 Å². The molecule has 0 aliphatic rings. The fourth-order valence-electron chi connectivity index (χ4n) is 1.86. The average Bonchev–Trinajstić information content (AvgIpc) is 2.34. The Morgan fingerprint density at radius 1 is 1.14 bits per heavy atom. The molecule has 0 fully saturated rings. The van der Waals surface area contributed by atoms with Gasteiger partial charge >= 0.3 is 0 Å². The minimum absolute atomic E-state index is 0.114. The van der Waals surface area contributed by atoms with Crippen LogP contribution in [0.15, 0.2) is 39.7 Å². The number of benzene rings is 2. The third-order valence-corrected chi connectivity index (χ3v) is 5.28. The molecule has 3 N–H and O–H groups in total. The maximum Gasteiger partial charge on any atom is 0.262 e. The first kappa shape index (κ1) is 16.1.